The number of Topliss-reactive ketones (excluding diaryl/α,β-unsaturated/α-hetero) is 1. The smallest absolute Gasteiger partial charge is 0.225 e. The summed E-state index contributed by atoms with van der Waals surface area (Å²) in [5.74, 6) is 0.0901. The van der Waals surface area contributed by atoms with Gasteiger partial charge in [0.15, 0.2) is 11.4 Å². The highest BCUT2D eigenvalue weighted by molar-refractivity contribution is 5.90. The van der Waals surface area contributed by atoms with Gasteiger partial charge in [-0.2, -0.15) is 10.2 Å². The van der Waals surface area contributed by atoms with Crippen molar-refractivity contribution in [3.63, 3.8) is 0 Å². The number of amides is 1. The Labute approximate surface area is 133 Å². The number of rotatable bonds is 11. The van der Waals surface area contributed by atoms with Crippen LogP contribution in [0.4, 0.5) is 0 Å². The predicted octanol–water partition coefficient (Wildman–Crippen LogP) is 3.92. The molecule has 1 aliphatic carbocycles. The highest BCUT2D eigenvalue weighted by Crippen LogP contribution is 2.37. The Morgan fingerprint density at radius 1 is 1.18 bits per heavy atom. The van der Waals surface area contributed by atoms with Gasteiger partial charge in [0.1, 0.15) is 0 Å². The fraction of sp³-hybridized carbons (Fsp3) is 0.882. The molecule has 0 aromatic rings. The monoisotopic (exact) mass is 307 g/mol. The van der Waals surface area contributed by atoms with Crippen LogP contribution in [-0.2, 0) is 9.59 Å². The molecule has 2 rings (SSSR count). The van der Waals surface area contributed by atoms with E-state index >= 15 is 0 Å². The Bertz CT molecular complexity index is 414. The van der Waals surface area contributed by atoms with Crippen molar-refractivity contribution in [2.24, 2.45) is 10.2 Å². The topological polar surface area (TPSA) is 70.9 Å². The molecule has 0 unspecified atom stereocenters. The Hall–Kier alpha value is -1.26. The van der Waals surface area contributed by atoms with Gasteiger partial charge in [0.05, 0.1) is 12.5 Å². The van der Waals surface area contributed by atoms with E-state index in [0.717, 1.165) is 25.7 Å². The summed E-state index contributed by atoms with van der Waals surface area (Å²) in [6.07, 6.45) is 12.2. The van der Waals surface area contributed by atoms with Gasteiger partial charge in [-0.1, -0.05) is 45.4 Å². The maximum Gasteiger partial charge on any atom is 0.225 e. The van der Waals surface area contributed by atoms with Crippen LogP contribution in [0.2, 0.25) is 0 Å². The molecule has 0 saturated heterocycles. The summed E-state index contributed by atoms with van der Waals surface area (Å²) in [6, 6.07) is -0.262. The number of hydrogen-bond donors (Lipinski definition) is 1. The Morgan fingerprint density at radius 3 is 2.45 bits per heavy atom. The maximum absolute atomic E-state index is 12.0. The van der Waals surface area contributed by atoms with Crippen molar-refractivity contribution in [2.45, 2.75) is 95.7 Å². The summed E-state index contributed by atoms with van der Waals surface area (Å²) in [6.45, 7) is 2.23. The van der Waals surface area contributed by atoms with E-state index in [1.165, 1.54) is 38.5 Å². The van der Waals surface area contributed by atoms with Crippen LogP contribution < -0.4 is 5.32 Å². The lowest BCUT2D eigenvalue weighted by atomic mass is 10.00. The maximum atomic E-state index is 12.0. The highest BCUT2D eigenvalue weighted by atomic mass is 16.2. The van der Waals surface area contributed by atoms with Gasteiger partial charge < -0.3 is 5.32 Å². The number of nitrogens with one attached hydrogen (secondary N) is 1. The third kappa shape index (κ3) is 5.50. The van der Waals surface area contributed by atoms with Crippen LogP contribution in [0.5, 0.6) is 0 Å². The van der Waals surface area contributed by atoms with Crippen LogP contribution >= 0.6 is 0 Å². The molecule has 1 N–H and O–H groups in total. The van der Waals surface area contributed by atoms with Gasteiger partial charge in [-0.25, -0.2) is 0 Å². The van der Waals surface area contributed by atoms with Crippen molar-refractivity contribution in [3.05, 3.63) is 0 Å². The molecule has 1 heterocycles. The number of carbonyl (C=O) groups excluding carboxylic acids is 2. The van der Waals surface area contributed by atoms with Crippen LogP contribution in [0.25, 0.3) is 0 Å². The minimum atomic E-state index is -0.463. The van der Waals surface area contributed by atoms with Crippen LogP contribution in [-0.4, -0.2) is 23.4 Å². The van der Waals surface area contributed by atoms with Gasteiger partial charge >= 0.3 is 0 Å². The van der Waals surface area contributed by atoms with E-state index in [0.29, 0.717) is 12.8 Å². The average Bonchev–Trinajstić information content (AvgIpc) is 3.13. The fourth-order valence-electron chi connectivity index (χ4n) is 3.17. The van der Waals surface area contributed by atoms with Crippen LogP contribution in [0.1, 0.15) is 84.0 Å². The molecule has 1 fully saturated rings. The standard InChI is InChI=1S/C17H29N3O2/c1-2-3-4-5-6-7-8-12-17(19-20-17)13-16(22)18-14-10-9-11-15(14)21/h14H,2-13H2,1H3,(H,18,22)/t14-/m0/s1. The molecule has 5 heteroatoms. The molecule has 1 saturated carbocycles. The highest BCUT2D eigenvalue weighted by Gasteiger charge is 2.42. The summed E-state index contributed by atoms with van der Waals surface area (Å²) in [7, 11) is 0. The van der Waals surface area contributed by atoms with Gasteiger partial charge in [-0.05, 0) is 25.7 Å². The molecular weight excluding hydrogens is 278 g/mol. The molecule has 5 nitrogen and oxygen atoms in total. The lowest BCUT2D eigenvalue weighted by Gasteiger charge is -2.14. The van der Waals surface area contributed by atoms with Gasteiger partial charge in [0, 0.05) is 6.42 Å². The molecule has 0 aromatic carbocycles. The van der Waals surface area contributed by atoms with Gasteiger partial charge in [-0.3, -0.25) is 9.59 Å². The quantitative estimate of drug-likeness (QED) is 0.588. The van der Waals surface area contributed by atoms with Gasteiger partial charge in [0.2, 0.25) is 5.91 Å². The predicted molar refractivity (Wildman–Crippen MR) is 85.6 cm³/mol. The van der Waals surface area contributed by atoms with Crippen molar-refractivity contribution >= 4 is 11.7 Å². The lowest BCUT2D eigenvalue weighted by Crippen LogP contribution is -2.39. The zero-order valence-corrected chi connectivity index (χ0v) is 13.8. The Kier molecular flexibility index (Phi) is 6.52. The number of hydrogen-bond acceptors (Lipinski definition) is 4. The third-order valence-corrected chi connectivity index (χ3v) is 4.65. The summed E-state index contributed by atoms with van der Waals surface area (Å²) >= 11 is 0. The lowest BCUT2D eigenvalue weighted by molar-refractivity contribution is -0.127. The van der Waals surface area contributed by atoms with E-state index in [2.05, 4.69) is 22.5 Å². The number of ketones is 1. The molecule has 124 valence electrons. The molecule has 0 bridgehead atoms. The Balaban J connectivity index is 1.56. The van der Waals surface area contributed by atoms with Crippen LogP contribution in [0, 0.1) is 0 Å². The van der Waals surface area contributed by atoms with Crippen LogP contribution in [0.3, 0.4) is 0 Å². The zero-order valence-electron chi connectivity index (χ0n) is 13.8. The molecule has 1 atom stereocenters. The SMILES string of the molecule is CCCCCCCCCC1(CC(=O)N[C@H]2CCCC2=O)N=N1. The second-order valence-corrected chi connectivity index (χ2v) is 6.71. The summed E-state index contributed by atoms with van der Waals surface area (Å²) in [5, 5.41) is 11.0. The van der Waals surface area contributed by atoms with Crippen LogP contribution in [0.15, 0.2) is 10.2 Å². The van der Waals surface area contributed by atoms with E-state index in [1.807, 2.05) is 0 Å². The molecular formula is C17H29N3O2. The van der Waals surface area contributed by atoms with E-state index in [9.17, 15) is 9.59 Å². The molecule has 0 radical (unpaired) electrons. The zero-order chi connectivity index (χ0) is 15.8. The minimum Gasteiger partial charge on any atom is -0.346 e. The van der Waals surface area contributed by atoms with Crippen molar-refractivity contribution in [1.82, 2.24) is 5.32 Å². The summed E-state index contributed by atoms with van der Waals surface area (Å²) in [4.78, 5) is 23.6. The van der Waals surface area contributed by atoms with E-state index in [4.69, 9.17) is 0 Å². The van der Waals surface area contributed by atoms with Gasteiger partial charge in [0.25, 0.3) is 0 Å². The first-order chi connectivity index (χ1) is 10.7. The molecule has 2 aliphatic rings. The Morgan fingerprint density at radius 2 is 1.86 bits per heavy atom. The second kappa shape index (κ2) is 8.39. The minimum absolute atomic E-state index is 0.0757. The normalized spacial score (nSPS) is 22.0. The largest absolute Gasteiger partial charge is 0.346 e. The third-order valence-electron chi connectivity index (χ3n) is 4.65. The molecule has 0 spiro atoms. The number of unbranched alkanes of at least 4 members (excludes halogenated alkanes) is 6. The molecule has 22 heavy (non-hydrogen) atoms. The average molecular weight is 307 g/mol. The summed E-state index contributed by atoms with van der Waals surface area (Å²) in [5.41, 5.74) is -0.463. The molecule has 0 aromatic heterocycles. The van der Waals surface area contributed by atoms with E-state index in [1.54, 1.807) is 0 Å². The van der Waals surface area contributed by atoms with Crippen molar-refractivity contribution < 1.29 is 9.59 Å². The number of carbonyl (C=O) groups is 2. The van der Waals surface area contributed by atoms with Crippen molar-refractivity contribution in [2.75, 3.05) is 0 Å². The molecule has 1 amide bonds. The first-order valence-electron chi connectivity index (χ1n) is 8.91. The molecule has 1 aliphatic heterocycles. The van der Waals surface area contributed by atoms with Crippen molar-refractivity contribution in [3.8, 4) is 0 Å². The van der Waals surface area contributed by atoms with Gasteiger partial charge in [-0.15, -0.1) is 0 Å². The fourth-order valence-corrected chi connectivity index (χ4v) is 3.17. The van der Waals surface area contributed by atoms with E-state index in [-0.39, 0.29) is 17.7 Å². The first-order valence-corrected chi connectivity index (χ1v) is 8.91. The van der Waals surface area contributed by atoms with E-state index < -0.39 is 5.66 Å². The summed E-state index contributed by atoms with van der Waals surface area (Å²) < 4.78 is 0. The first kappa shape index (κ1) is 17.1. The van der Waals surface area contributed by atoms with Crippen molar-refractivity contribution in [1.29, 1.82) is 0 Å². The number of nitrogens with zero attached hydrogens (tertiary/aromatic N) is 2. The second-order valence-electron chi connectivity index (χ2n) is 6.71.